The van der Waals surface area contributed by atoms with Gasteiger partial charge in [-0.2, -0.15) is 0 Å². The number of aromatic nitrogens is 2. The van der Waals surface area contributed by atoms with Crippen LogP contribution in [-0.2, 0) is 19.6 Å². The summed E-state index contributed by atoms with van der Waals surface area (Å²) in [5.74, 6) is 0.280. The van der Waals surface area contributed by atoms with Crippen molar-refractivity contribution in [3.8, 4) is 0 Å². The first-order valence-corrected chi connectivity index (χ1v) is 9.43. The van der Waals surface area contributed by atoms with Gasteiger partial charge in [0.1, 0.15) is 6.26 Å². The van der Waals surface area contributed by atoms with E-state index in [0.717, 1.165) is 12.1 Å². The van der Waals surface area contributed by atoms with Gasteiger partial charge in [0.05, 0.1) is 6.54 Å². The molecule has 3 aromatic rings. The smallest absolute Gasteiger partial charge is 0.273 e. The lowest BCUT2D eigenvalue weighted by molar-refractivity contribution is 0.0945. The second-order valence-electron chi connectivity index (χ2n) is 7.10. The van der Waals surface area contributed by atoms with Gasteiger partial charge in [0.25, 0.3) is 5.91 Å². The van der Waals surface area contributed by atoms with Crippen molar-refractivity contribution in [1.29, 1.82) is 0 Å². The van der Waals surface area contributed by atoms with Gasteiger partial charge >= 0.3 is 0 Å². The summed E-state index contributed by atoms with van der Waals surface area (Å²) in [4.78, 5) is 23.0. The minimum Gasteiger partial charge on any atom is -0.447 e. The van der Waals surface area contributed by atoms with E-state index in [9.17, 15) is 4.79 Å². The summed E-state index contributed by atoms with van der Waals surface area (Å²) >= 11 is 0. The van der Waals surface area contributed by atoms with E-state index in [1.165, 1.54) is 17.4 Å². The summed E-state index contributed by atoms with van der Waals surface area (Å²) in [5.41, 5.74) is 3.76. The lowest BCUT2D eigenvalue weighted by Gasteiger charge is -2.25. The number of carbonyl (C=O) groups is 1. The molecule has 1 aromatic carbocycles. The molecule has 0 bridgehead atoms. The molecule has 0 fully saturated rings. The van der Waals surface area contributed by atoms with Gasteiger partial charge in [-0.15, -0.1) is 0 Å². The summed E-state index contributed by atoms with van der Waals surface area (Å²) in [6.45, 7) is 8.15. The van der Waals surface area contributed by atoms with Gasteiger partial charge in [-0.05, 0) is 43.5 Å². The molecular formula is C22H26N4O2. The second-order valence-corrected chi connectivity index (χ2v) is 7.10. The van der Waals surface area contributed by atoms with Crippen molar-refractivity contribution in [1.82, 2.24) is 20.2 Å². The second kappa shape index (κ2) is 9.28. The number of nitrogens with zero attached hydrogens (tertiary/aromatic N) is 3. The van der Waals surface area contributed by atoms with Crippen LogP contribution in [0.2, 0.25) is 0 Å². The molecule has 146 valence electrons. The van der Waals surface area contributed by atoms with Crippen molar-refractivity contribution in [3.63, 3.8) is 0 Å². The molecule has 6 nitrogen and oxygen atoms in total. The third kappa shape index (κ3) is 5.27. The number of rotatable bonds is 8. The van der Waals surface area contributed by atoms with E-state index >= 15 is 0 Å². The zero-order chi connectivity index (χ0) is 19.9. The van der Waals surface area contributed by atoms with Crippen LogP contribution in [0.3, 0.4) is 0 Å². The van der Waals surface area contributed by atoms with Crippen molar-refractivity contribution in [3.05, 3.63) is 83.3 Å². The summed E-state index contributed by atoms with van der Waals surface area (Å²) in [7, 11) is 0. The highest BCUT2D eigenvalue weighted by Crippen LogP contribution is 2.16. The normalized spacial score (nSPS) is 11.2. The predicted octanol–water partition coefficient (Wildman–Crippen LogP) is 3.72. The Balaban J connectivity index is 1.61. The highest BCUT2D eigenvalue weighted by molar-refractivity contribution is 5.91. The van der Waals surface area contributed by atoms with Crippen molar-refractivity contribution in [2.24, 2.45) is 0 Å². The first-order chi connectivity index (χ1) is 13.5. The predicted molar refractivity (Wildman–Crippen MR) is 107 cm³/mol. The van der Waals surface area contributed by atoms with Gasteiger partial charge in [0, 0.05) is 31.5 Å². The number of oxazole rings is 1. The summed E-state index contributed by atoms with van der Waals surface area (Å²) < 4.78 is 5.56. The number of aryl methyl sites for hydroxylation is 1. The lowest BCUT2D eigenvalue weighted by Crippen LogP contribution is -2.30. The number of pyridine rings is 1. The molecule has 2 heterocycles. The van der Waals surface area contributed by atoms with Gasteiger partial charge in [-0.1, -0.05) is 30.3 Å². The average molecular weight is 378 g/mol. The third-order valence-corrected chi connectivity index (χ3v) is 4.66. The number of carbonyl (C=O) groups excluding carboxylic acids is 1. The van der Waals surface area contributed by atoms with Crippen LogP contribution in [0.15, 0.2) is 59.5 Å². The van der Waals surface area contributed by atoms with Crippen molar-refractivity contribution < 1.29 is 9.21 Å². The van der Waals surface area contributed by atoms with Crippen LogP contribution >= 0.6 is 0 Å². The average Bonchev–Trinajstić information content (AvgIpc) is 3.16. The molecule has 6 heteroatoms. The Morgan fingerprint density at radius 2 is 2.00 bits per heavy atom. The zero-order valence-electron chi connectivity index (χ0n) is 16.6. The summed E-state index contributed by atoms with van der Waals surface area (Å²) in [6, 6.07) is 12.4. The van der Waals surface area contributed by atoms with E-state index < -0.39 is 0 Å². The Morgan fingerprint density at radius 1 is 1.18 bits per heavy atom. The molecule has 0 spiro atoms. The summed E-state index contributed by atoms with van der Waals surface area (Å²) in [6.07, 6.45) is 4.84. The van der Waals surface area contributed by atoms with Crippen molar-refractivity contribution in [2.75, 3.05) is 0 Å². The molecule has 0 aliphatic heterocycles. The number of benzene rings is 1. The molecular weight excluding hydrogens is 352 g/mol. The molecule has 2 aromatic heterocycles. The minimum absolute atomic E-state index is 0.256. The number of hydrogen-bond acceptors (Lipinski definition) is 5. The van der Waals surface area contributed by atoms with Crippen molar-refractivity contribution >= 4 is 5.91 Å². The Labute approximate surface area is 165 Å². The van der Waals surface area contributed by atoms with E-state index in [1.54, 1.807) is 12.4 Å². The fourth-order valence-corrected chi connectivity index (χ4v) is 2.86. The van der Waals surface area contributed by atoms with E-state index in [1.807, 2.05) is 18.2 Å². The summed E-state index contributed by atoms with van der Waals surface area (Å²) in [5, 5.41) is 2.84. The van der Waals surface area contributed by atoms with Crippen LogP contribution in [-0.4, -0.2) is 26.8 Å². The Bertz CT molecular complexity index is 906. The van der Waals surface area contributed by atoms with Gasteiger partial charge in [0.2, 0.25) is 5.89 Å². The maximum atomic E-state index is 12.3. The molecule has 0 radical (unpaired) electrons. The van der Waals surface area contributed by atoms with E-state index in [4.69, 9.17) is 4.42 Å². The SMILES string of the molecule is Cc1ccccc1CN(Cc1nc(C(=O)NCc2cccnc2)co1)C(C)C. The molecule has 3 rings (SSSR count). The monoisotopic (exact) mass is 378 g/mol. The minimum atomic E-state index is -0.256. The third-order valence-electron chi connectivity index (χ3n) is 4.66. The highest BCUT2D eigenvalue weighted by Gasteiger charge is 2.17. The van der Waals surface area contributed by atoms with E-state index in [2.05, 4.69) is 59.2 Å². The fraction of sp³-hybridized carbons (Fsp3) is 0.318. The highest BCUT2D eigenvalue weighted by atomic mass is 16.3. The first kappa shape index (κ1) is 19.8. The molecule has 0 aliphatic rings. The Kier molecular flexibility index (Phi) is 6.55. The number of nitrogens with one attached hydrogen (secondary N) is 1. The number of hydrogen-bond donors (Lipinski definition) is 1. The molecule has 28 heavy (non-hydrogen) atoms. The van der Waals surface area contributed by atoms with Crippen LogP contribution < -0.4 is 5.32 Å². The topological polar surface area (TPSA) is 71.3 Å². The molecule has 0 unspecified atom stereocenters. The van der Waals surface area contributed by atoms with Crippen molar-refractivity contribution in [2.45, 2.75) is 46.4 Å². The van der Waals surface area contributed by atoms with Crippen LogP contribution in [0.5, 0.6) is 0 Å². The Morgan fingerprint density at radius 3 is 2.71 bits per heavy atom. The lowest BCUT2D eigenvalue weighted by atomic mass is 10.1. The Hall–Kier alpha value is -2.99. The first-order valence-electron chi connectivity index (χ1n) is 9.43. The maximum absolute atomic E-state index is 12.3. The van der Waals surface area contributed by atoms with E-state index in [0.29, 0.717) is 30.7 Å². The van der Waals surface area contributed by atoms with Crippen LogP contribution in [0.1, 0.15) is 46.9 Å². The molecule has 0 aliphatic carbocycles. The van der Waals surface area contributed by atoms with Crippen LogP contribution in [0.25, 0.3) is 0 Å². The van der Waals surface area contributed by atoms with Gasteiger partial charge in [-0.25, -0.2) is 4.98 Å². The van der Waals surface area contributed by atoms with Gasteiger partial charge < -0.3 is 9.73 Å². The molecule has 0 atom stereocenters. The van der Waals surface area contributed by atoms with Crippen LogP contribution in [0.4, 0.5) is 0 Å². The molecule has 1 amide bonds. The largest absolute Gasteiger partial charge is 0.447 e. The number of amides is 1. The van der Waals surface area contributed by atoms with Gasteiger partial charge in [0.15, 0.2) is 5.69 Å². The van der Waals surface area contributed by atoms with Gasteiger partial charge in [-0.3, -0.25) is 14.7 Å². The molecule has 1 N–H and O–H groups in total. The quantitative estimate of drug-likeness (QED) is 0.647. The zero-order valence-corrected chi connectivity index (χ0v) is 16.6. The van der Waals surface area contributed by atoms with Crippen LogP contribution in [0, 0.1) is 6.92 Å². The van der Waals surface area contributed by atoms with E-state index in [-0.39, 0.29) is 5.91 Å². The fourth-order valence-electron chi connectivity index (χ4n) is 2.86. The molecule has 0 saturated carbocycles. The maximum Gasteiger partial charge on any atom is 0.273 e. The molecule has 0 saturated heterocycles. The standard InChI is InChI=1S/C22H26N4O2/c1-16(2)26(13-19-9-5-4-7-17(19)3)14-21-25-20(15-28-21)22(27)24-12-18-8-6-10-23-11-18/h4-11,15-16H,12-14H2,1-3H3,(H,24,27).